The third kappa shape index (κ3) is 1.94. The van der Waals surface area contributed by atoms with Gasteiger partial charge in [-0.2, -0.15) is 0 Å². The van der Waals surface area contributed by atoms with Crippen LogP contribution in [0, 0.1) is 5.82 Å². The fourth-order valence-electron chi connectivity index (χ4n) is 2.07. The van der Waals surface area contributed by atoms with Gasteiger partial charge in [0.1, 0.15) is 17.2 Å². The van der Waals surface area contributed by atoms with E-state index in [-0.39, 0.29) is 5.82 Å². The first-order chi connectivity index (χ1) is 9.20. The van der Waals surface area contributed by atoms with E-state index in [1.165, 1.54) is 13.2 Å². The number of hydrogen-bond acceptors (Lipinski definition) is 2. The third-order valence-corrected chi connectivity index (χ3v) is 3.30. The van der Waals surface area contributed by atoms with Crippen molar-refractivity contribution in [1.29, 1.82) is 0 Å². The van der Waals surface area contributed by atoms with Crippen LogP contribution in [-0.4, -0.2) is 17.1 Å². The summed E-state index contributed by atoms with van der Waals surface area (Å²) in [5.74, 6) is 0.116. The Kier molecular flexibility index (Phi) is 2.87. The van der Waals surface area contributed by atoms with E-state index in [1.54, 1.807) is 30.6 Å². The van der Waals surface area contributed by atoms with Crippen molar-refractivity contribution >= 4 is 22.6 Å². The largest absolute Gasteiger partial charge is 0.497 e. The number of nitrogens with one attached hydrogen (secondary N) is 1. The van der Waals surface area contributed by atoms with Crippen molar-refractivity contribution in [2.45, 2.75) is 0 Å². The van der Waals surface area contributed by atoms with Crippen molar-refractivity contribution in [1.82, 2.24) is 9.97 Å². The van der Waals surface area contributed by atoms with Crippen LogP contribution in [0.3, 0.4) is 0 Å². The van der Waals surface area contributed by atoms with Crippen LogP contribution in [0.5, 0.6) is 5.75 Å². The highest BCUT2D eigenvalue weighted by atomic mass is 35.5. The van der Waals surface area contributed by atoms with Gasteiger partial charge in [-0.1, -0.05) is 11.6 Å². The minimum absolute atomic E-state index is 0.361. The summed E-state index contributed by atoms with van der Waals surface area (Å²) in [5, 5.41) is 1.25. The molecule has 0 aliphatic heterocycles. The molecular weight excluding hydrogens is 267 g/mol. The lowest BCUT2D eigenvalue weighted by molar-refractivity contribution is 0.411. The predicted octanol–water partition coefficient (Wildman–Crippen LogP) is 4.03. The molecule has 2 heterocycles. The van der Waals surface area contributed by atoms with Crippen molar-refractivity contribution in [2.75, 3.05) is 7.11 Å². The van der Waals surface area contributed by atoms with Gasteiger partial charge in [-0.25, -0.2) is 9.37 Å². The Labute approximate surface area is 114 Å². The molecule has 3 aromatic rings. The lowest BCUT2D eigenvalue weighted by atomic mass is 10.1. The molecule has 3 nitrogen and oxygen atoms in total. The average Bonchev–Trinajstić information content (AvgIpc) is 2.84. The lowest BCUT2D eigenvalue weighted by Crippen LogP contribution is -1.87. The van der Waals surface area contributed by atoms with Crippen LogP contribution in [0.2, 0.25) is 5.02 Å². The van der Waals surface area contributed by atoms with Crippen molar-refractivity contribution in [3.63, 3.8) is 0 Å². The molecule has 0 atom stereocenters. The highest BCUT2D eigenvalue weighted by Crippen LogP contribution is 2.34. The molecule has 1 aromatic carbocycles. The Morgan fingerprint density at radius 2 is 2.11 bits per heavy atom. The monoisotopic (exact) mass is 276 g/mol. The first-order valence-electron chi connectivity index (χ1n) is 5.66. The molecule has 0 saturated carbocycles. The summed E-state index contributed by atoms with van der Waals surface area (Å²) >= 11 is 6.16. The molecule has 19 heavy (non-hydrogen) atoms. The molecule has 0 bridgehead atoms. The molecule has 0 aliphatic rings. The third-order valence-electron chi connectivity index (χ3n) is 2.99. The minimum Gasteiger partial charge on any atom is -0.497 e. The van der Waals surface area contributed by atoms with Gasteiger partial charge >= 0.3 is 0 Å². The van der Waals surface area contributed by atoms with Crippen LogP contribution < -0.4 is 4.74 Å². The molecule has 0 amide bonds. The molecule has 1 N–H and O–H groups in total. The summed E-state index contributed by atoms with van der Waals surface area (Å²) in [6.45, 7) is 0. The maximum Gasteiger partial charge on any atom is 0.139 e. The second-order valence-electron chi connectivity index (χ2n) is 4.06. The number of halogens is 2. The quantitative estimate of drug-likeness (QED) is 0.767. The number of benzene rings is 1. The van der Waals surface area contributed by atoms with Crippen LogP contribution in [0.15, 0.2) is 36.7 Å². The molecule has 0 saturated heterocycles. The molecule has 3 rings (SSSR count). The number of pyridine rings is 1. The second-order valence-corrected chi connectivity index (χ2v) is 4.47. The SMILES string of the molecule is COc1ccc(-c2c[nH]c3nccc(Cl)c23)c(F)c1. The molecule has 0 radical (unpaired) electrons. The topological polar surface area (TPSA) is 37.9 Å². The maximum atomic E-state index is 14.1. The smallest absolute Gasteiger partial charge is 0.139 e. The fraction of sp³-hybridized carbons (Fsp3) is 0.0714. The number of rotatable bonds is 2. The molecule has 0 aliphatic carbocycles. The van der Waals surface area contributed by atoms with Crippen molar-refractivity contribution in [2.24, 2.45) is 0 Å². The molecular formula is C14H10ClFN2O. The fourth-order valence-corrected chi connectivity index (χ4v) is 2.32. The zero-order chi connectivity index (χ0) is 13.4. The average molecular weight is 277 g/mol. The number of methoxy groups -OCH3 is 1. The van der Waals surface area contributed by atoms with Gasteiger partial charge in [0.2, 0.25) is 0 Å². The normalized spacial score (nSPS) is 10.9. The maximum absolute atomic E-state index is 14.1. The van der Waals surface area contributed by atoms with Gasteiger partial charge in [0, 0.05) is 35.0 Å². The number of aromatic nitrogens is 2. The van der Waals surface area contributed by atoms with E-state index in [4.69, 9.17) is 16.3 Å². The van der Waals surface area contributed by atoms with Gasteiger partial charge < -0.3 is 9.72 Å². The summed E-state index contributed by atoms with van der Waals surface area (Å²) in [6.07, 6.45) is 3.31. The van der Waals surface area contributed by atoms with Crippen LogP contribution >= 0.6 is 11.6 Å². The van der Waals surface area contributed by atoms with Crippen molar-refractivity contribution in [3.05, 3.63) is 47.5 Å². The number of nitrogens with zero attached hydrogens (tertiary/aromatic N) is 1. The molecule has 2 aromatic heterocycles. The van der Waals surface area contributed by atoms with E-state index >= 15 is 0 Å². The Hall–Kier alpha value is -2.07. The summed E-state index contributed by atoms with van der Waals surface area (Å²) in [4.78, 5) is 7.15. The van der Waals surface area contributed by atoms with E-state index < -0.39 is 0 Å². The van der Waals surface area contributed by atoms with Crippen molar-refractivity contribution in [3.8, 4) is 16.9 Å². The standard InChI is InChI=1S/C14H10ClFN2O/c1-19-8-2-3-9(12(16)6-8)10-7-18-14-13(10)11(15)4-5-17-14/h2-7H,1H3,(H,17,18). The number of ether oxygens (including phenoxy) is 1. The summed E-state index contributed by atoms with van der Waals surface area (Å²) in [7, 11) is 1.50. The summed E-state index contributed by atoms with van der Waals surface area (Å²) < 4.78 is 19.1. The number of H-pyrrole nitrogens is 1. The summed E-state index contributed by atoms with van der Waals surface area (Å²) in [6, 6.07) is 6.41. The van der Waals surface area contributed by atoms with Gasteiger partial charge in [-0.15, -0.1) is 0 Å². The molecule has 0 fully saturated rings. The van der Waals surface area contributed by atoms with Crippen LogP contribution in [-0.2, 0) is 0 Å². The highest BCUT2D eigenvalue weighted by Gasteiger charge is 2.14. The van der Waals surface area contributed by atoms with Crippen LogP contribution in [0.25, 0.3) is 22.2 Å². The molecule has 0 spiro atoms. The Balaban J connectivity index is 2.25. The van der Waals surface area contributed by atoms with Crippen LogP contribution in [0.4, 0.5) is 4.39 Å². The number of fused-ring (bicyclic) bond motifs is 1. The Bertz CT molecular complexity index is 754. The van der Waals surface area contributed by atoms with E-state index in [0.717, 1.165) is 0 Å². The van der Waals surface area contributed by atoms with E-state index in [0.29, 0.717) is 32.9 Å². The van der Waals surface area contributed by atoms with Gasteiger partial charge in [0.25, 0.3) is 0 Å². The molecule has 5 heteroatoms. The Morgan fingerprint density at radius 3 is 2.84 bits per heavy atom. The van der Waals surface area contributed by atoms with Crippen molar-refractivity contribution < 1.29 is 9.13 Å². The zero-order valence-corrected chi connectivity index (χ0v) is 10.8. The predicted molar refractivity (Wildman–Crippen MR) is 73.0 cm³/mol. The molecule has 96 valence electrons. The second kappa shape index (κ2) is 4.55. The molecule has 0 unspecified atom stereocenters. The minimum atomic E-state index is -0.361. The van der Waals surface area contributed by atoms with Gasteiger partial charge in [0.05, 0.1) is 12.1 Å². The first kappa shape index (κ1) is 12.0. The number of hydrogen-bond donors (Lipinski definition) is 1. The highest BCUT2D eigenvalue weighted by molar-refractivity contribution is 6.36. The first-order valence-corrected chi connectivity index (χ1v) is 6.04. The van der Waals surface area contributed by atoms with E-state index in [1.807, 2.05) is 0 Å². The number of aromatic amines is 1. The zero-order valence-electron chi connectivity index (χ0n) is 10.1. The van der Waals surface area contributed by atoms with Gasteiger partial charge in [0.15, 0.2) is 0 Å². The summed E-state index contributed by atoms with van der Waals surface area (Å²) in [5.41, 5.74) is 1.79. The van der Waals surface area contributed by atoms with E-state index in [9.17, 15) is 4.39 Å². The van der Waals surface area contributed by atoms with Crippen LogP contribution in [0.1, 0.15) is 0 Å². The van der Waals surface area contributed by atoms with E-state index in [2.05, 4.69) is 9.97 Å². The van der Waals surface area contributed by atoms with Gasteiger partial charge in [-0.3, -0.25) is 0 Å². The van der Waals surface area contributed by atoms with Gasteiger partial charge in [-0.05, 0) is 18.2 Å². The lowest BCUT2D eigenvalue weighted by Gasteiger charge is -2.05. The Morgan fingerprint density at radius 1 is 1.26 bits per heavy atom.